The monoisotopic (exact) mass is 880 g/mol. The predicted molar refractivity (Wildman–Crippen MR) is 270 cm³/mol. The van der Waals surface area contributed by atoms with E-state index in [9.17, 15) is 10.5 Å². The highest BCUT2D eigenvalue weighted by Crippen LogP contribution is 2.63. The van der Waals surface area contributed by atoms with Crippen LogP contribution >= 0.6 is 0 Å². The topological polar surface area (TPSA) is 110 Å². The Hall–Kier alpha value is -9.83. The van der Waals surface area contributed by atoms with Gasteiger partial charge in [-0.05, 0) is 96.6 Å². The summed E-state index contributed by atoms with van der Waals surface area (Å²) in [5.41, 5.74) is 14.4. The van der Waals surface area contributed by atoms with Gasteiger partial charge in [-0.25, -0.2) is 0 Å². The molecule has 0 saturated heterocycles. The van der Waals surface area contributed by atoms with E-state index in [1.54, 1.807) is 0 Å². The maximum absolute atomic E-state index is 9.95. The van der Waals surface area contributed by atoms with E-state index >= 15 is 0 Å². The van der Waals surface area contributed by atoms with E-state index in [0.29, 0.717) is 22.6 Å². The molecule has 9 nitrogen and oxygen atoms in total. The highest BCUT2D eigenvalue weighted by atomic mass is 16.5. The van der Waals surface area contributed by atoms with Crippen LogP contribution in [0.5, 0.6) is 11.5 Å². The minimum absolute atomic E-state index is 0.548. The van der Waals surface area contributed by atoms with Gasteiger partial charge in [-0.1, -0.05) is 72.8 Å². The van der Waals surface area contributed by atoms with Crippen LogP contribution in [0.25, 0.3) is 93.9 Å². The molecular weight excluding hydrogens is 849 g/mol. The Bertz CT molecular complexity index is 4340. The lowest BCUT2D eigenvalue weighted by Gasteiger charge is -2.40. The maximum atomic E-state index is 9.95. The third-order valence-electron chi connectivity index (χ3n) is 14.5. The van der Waals surface area contributed by atoms with Crippen molar-refractivity contribution in [2.45, 2.75) is 5.41 Å². The first-order valence-corrected chi connectivity index (χ1v) is 22.8. The molecule has 15 rings (SSSR count). The van der Waals surface area contributed by atoms with Crippen molar-refractivity contribution in [1.82, 2.24) is 28.7 Å². The summed E-state index contributed by atoms with van der Waals surface area (Å²) in [5, 5.41) is 26.3. The highest BCUT2D eigenvalue weighted by Gasteiger charge is 2.54. The van der Waals surface area contributed by atoms with Crippen molar-refractivity contribution in [2.75, 3.05) is 0 Å². The van der Waals surface area contributed by atoms with Gasteiger partial charge < -0.3 is 18.4 Å². The molecule has 7 heterocycles. The lowest BCUT2D eigenvalue weighted by Crippen LogP contribution is -2.34. The summed E-state index contributed by atoms with van der Waals surface area (Å²) in [7, 11) is 0. The zero-order valence-corrected chi connectivity index (χ0v) is 36.5. The van der Waals surface area contributed by atoms with Crippen LogP contribution < -0.4 is 4.74 Å². The molecule has 13 aromatic rings. The first kappa shape index (κ1) is 37.4. The molecule has 1 spiro atoms. The molecule has 1 aliphatic heterocycles. The van der Waals surface area contributed by atoms with Gasteiger partial charge in [0.05, 0.1) is 96.9 Å². The van der Waals surface area contributed by atoms with E-state index in [2.05, 4.69) is 158 Å². The first-order chi connectivity index (χ1) is 34.1. The molecule has 7 aromatic carbocycles. The van der Waals surface area contributed by atoms with Gasteiger partial charge >= 0.3 is 0 Å². The number of fused-ring (bicyclic) bond motifs is 18. The average Bonchev–Trinajstić information content (AvgIpc) is 4.12. The average molecular weight is 881 g/mol. The van der Waals surface area contributed by atoms with E-state index < -0.39 is 5.41 Å². The summed E-state index contributed by atoms with van der Waals surface area (Å²) in [6.45, 7) is 0. The predicted octanol–water partition coefficient (Wildman–Crippen LogP) is 13.4. The van der Waals surface area contributed by atoms with Crippen molar-refractivity contribution in [3.63, 3.8) is 0 Å². The van der Waals surface area contributed by atoms with Crippen molar-refractivity contribution in [3.8, 4) is 52.1 Å². The molecule has 1 atom stereocenters. The quantitative estimate of drug-likeness (QED) is 0.175. The number of para-hydroxylation sites is 3. The molecule has 1 aliphatic carbocycles. The van der Waals surface area contributed by atoms with Gasteiger partial charge in [0.15, 0.2) is 0 Å². The molecule has 0 fully saturated rings. The zero-order chi connectivity index (χ0) is 45.5. The lowest BCUT2D eigenvalue weighted by atomic mass is 9.65. The summed E-state index contributed by atoms with van der Waals surface area (Å²) >= 11 is 0. The largest absolute Gasteiger partial charge is 0.457 e. The SMILES string of the molecule is N#Cc1ccc2c(c1)c1cc(C#N)ccc1n2-c1ccc2c(c1)Oc1cccc(-n3c4ccccc4c4ccncc43)c1C21c2cccnc2-c2ncc(-n3c4ccccc4c4ccccc43)cc21. The molecule has 0 amide bonds. The number of nitrogens with zero attached hydrogens (tertiary/aromatic N) is 8. The second kappa shape index (κ2) is 13.6. The molecule has 318 valence electrons. The summed E-state index contributed by atoms with van der Waals surface area (Å²) in [6, 6.07) is 63.2. The van der Waals surface area contributed by atoms with Crippen LogP contribution in [-0.2, 0) is 5.41 Å². The second-order valence-corrected chi connectivity index (χ2v) is 17.8. The highest BCUT2D eigenvalue weighted by molar-refractivity contribution is 6.12. The number of benzene rings is 7. The number of nitriles is 2. The molecule has 9 heteroatoms. The summed E-state index contributed by atoms with van der Waals surface area (Å²) in [4.78, 5) is 15.3. The normalized spacial score (nSPS) is 14.5. The zero-order valence-electron chi connectivity index (χ0n) is 36.5. The van der Waals surface area contributed by atoms with E-state index in [0.717, 1.165) is 105 Å². The van der Waals surface area contributed by atoms with Crippen LogP contribution in [0.2, 0.25) is 0 Å². The molecule has 1 unspecified atom stereocenters. The number of pyridine rings is 3. The van der Waals surface area contributed by atoms with Gasteiger partial charge in [0, 0.05) is 73.2 Å². The summed E-state index contributed by atoms with van der Waals surface area (Å²) in [6.07, 6.45) is 7.66. The Morgan fingerprint density at radius 2 is 1.04 bits per heavy atom. The van der Waals surface area contributed by atoms with Crippen molar-refractivity contribution in [2.24, 2.45) is 0 Å². The number of ether oxygens (including phenoxy) is 1. The lowest BCUT2D eigenvalue weighted by molar-refractivity contribution is 0.435. The second-order valence-electron chi connectivity index (χ2n) is 17.8. The van der Waals surface area contributed by atoms with Gasteiger partial charge in [0.2, 0.25) is 0 Å². The van der Waals surface area contributed by atoms with Crippen LogP contribution in [0.1, 0.15) is 33.4 Å². The number of hydrogen-bond acceptors (Lipinski definition) is 6. The van der Waals surface area contributed by atoms with E-state index in [-0.39, 0.29) is 0 Å². The van der Waals surface area contributed by atoms with Gasteiger partial charge in [-0.3, -0.25) is 15.0 Å². The van der Waals surface area contributed by atoms with Crippen LogP contribution in [-0.4, -0.2) is 28.7 Å². The Morgan fingerprint density at radius 1 is 0.420 bits per heavy atom. The van der Waals surface area contributed by atoms with Gasteiger partial charge in [0.1, 0.15) is 11.5 Å². The third kappa shape index (κ3) is 4.82. The Labute approximate surface area is 393 Å². The molecule has 69 heavy (non-hydrogen) atoms. The fraction of sp³-hybridized carbons (Fsp3) is 0.0167. The Balaban J connectivity index is 1.07. The van der Waals surface area contributed by atoms with E-state index in [4.69, 9.17) is 14.7 Å². The molecular formula is C60H32N8O. The number of rotatable bonds is 3. The first-order valence-electron chi connectivity index (χ1n) is 22.8. The van der Waals surface area contributed by atoms with Gasteiger partial charge in [-0.2, -0.15) is 10.5 Å². The fourth-order valence-electron chi connectivity index (χ4n) is 11.8. The van der Waals surface area contributed by atoms with Crippen molar-refractivity contribution in [1.29, 1.82) is 10.5 Å². The Kier molecular flexibility index (Phi) is 7.38. The van der Waals surface area contributed by atoms with Crippen molar-refractivity contribution < 1.29 is 4.74 Å². The molecule has 0 N–H and O–H groups in total. The van der Waals surface area contributed by atoms with E-state index in [1.807, 2.05) is 67.3 Å². The molecule has 6 aromatic heterocycles. The standard InChI is InChI=1S/C60H32N8O/c61-31-35-18-22-51-43(27-35)44-28-36(32-62)19-23-52(44)66(51)37-20-21-45-56(30-37)69-55-17-7-16-53(68-50-15-6-3-11-41(50)42-24-26-63-34-54(42)68)57(55)60(45)46-12-8-25-64-58(46)59-47(60)29-38(33-65-59)67-48-13-4-1-9-39(48)40-10-2-5-14-49(40)67/h1-30,33-34H. The molecule has 2 aliphatic rings. The summed E-state index contributed by atoms with van der Waals surface area (Å²) in [5.74, 6) is 1.39. The van der Waals surface area contributed by atoms with Crippen molar-refractivity contribution in [3.05, 3.63) is 228 Å². The van der Waals surface area contributed by atoms with Crippen molar-refractivity contribution >= 4 is 65.4 Å². The van der Waals surface area contributed by atoms with Crippen LogP contribution in [0.15, 0.2) is 195 Å². The van der Waals surface area contributed by atoms with Crippen LogP contribution in [0.3, 0.4) is 0 Å². The number of aromatic nitrogens is 6. The third-order valence-corrected chi connectivity index (χ3v) is 14.5. The van der Waals surface area contributed by atoms with E-state index in [1.165, 1.54) is 10.8 Å². The molecule has 0 saturated carbocycles. The summed E-state index contributed by atoms with van der Waals surface area (Å²) < 4.78 is 14.2. The maximum Gasteiger partial charge on any atom is 0.134 e. The van der Waals surface area contributed by atoms with Gasteiger partial charge in [-0.15, -0.1) is 0 Å². The molecule has 0 bridgehead atoms. The molecule has 0 radical (unpaired) electrons. The minimum Gasteiger partial charge on any atom is -0.457 e. The van der Waals surface area contributed by atoms with Crippen LogP contribution in [0.4, 0.5) is 0 Å². The minimum atomic E-state index is -0.997. The Morgan fingerprint density at radius 3 is 1.74 bits per heavy atom. The van der Waals surface area contributed by atoms with Crippen LogP contribution in [0, 0.1) is 22.7 Å². The number of hydrogen-bond donors (Lipinski definition) is 0. The van der Waals surface area contributed by atoms with Gasteiger partial charge in [0.25, 0.3) is 0 Å². The smallest absolute Gasteiger partial charge is 0.134 e. The fourth-order valence-corrected chi connectivity index (χ4v) is 11.8.